The number of furan rings is 1. The zero-order valence-corrected chi connectivity index (χ0v) is 19.0. The van der Waals surface area contributed by atoms with Gasteiger partial charge in [0.2, 0.25) is 0 Å². The molecule has 1 aliphatic heterocycles. The Bertz CT molecular complexity index is 973. The van der Waals surface area contributed by atoms with Gasteiger partial charge in [0.15, 0.2) is 5.76 Å². The Morgan fingerprint density at radius 2 is 1.94 bits per heavy atom. The molecule has 6 heteroatoms. The summed E-state index contributed by atoms with van der Waals surface area (Å²) in [7, 11) is 0. The summed E-state index contributed by atoms with van der Waals surface area (Å²) in [5.74, 6) is 1.00. The minimum Gasteiger partial charge on any atom is -0.494 e. The fourth-order valence-electron chi connectivity index (χ4n) is 4.18. The van der Waals surface area contributed by atoms with Crippen molar-refractivity contribution in [1.82, 2.24) is 4.90 Å². The van der Waals surface area contributed by atoms with E-state index in [1.807, 2.05) is 19.1 Å². The van der Waals surface area contributed by atoms with E-state index in [4.69, 9.17) is 9.15 Å². The third-order valence-corrected chi connectivity index (χ3v) is 6.90. The van der Waals surface area contributed by atoms with Crippen LogP contribution in [0.1, 0.15) is 65.7 Å². The molecule has 31 heavy (non-hydrogen) atoms. The first kappa shape index (κ1) is 21.7. The van der Waals surface area contributed by atoms with Crippen LogP contribution in [-0.2, 0) is 6.42 Å². The van der Waals surface area contributed by atoms with Crippen LogP contribution in [-0.4, -0.2) is 30.5 Å². The molecule has 0 bridgehead atoms. The number of piperidine rings is 1. The van der Waals surface area contributed by atoms with Gasteiger partial charge < -0.3 is 14.5 Å². The van der Waals surface area contributed by atoms with Gasteiger partial charge in [-0.05, 0) is 75.2 Å². The van der Waals surface area contributed by atoms with Crippen molar-refractivity contribution in [2.24, 2.45) is 0 Å². The van der Waals surface area contributed by atoms with Crippen molar-refractivity contribution in [3.63, 3.8) is 0 Å². The van der Waals surface area contributed by atoms with Gasteiger partial charge in [-0.2, -0.15) is 0 Å². The lowest BCUT2D eigenvalue weighted by atomic mass is 9.95. The standard InChI is InChI=1S/C25H30N2O3S/c1-3-20-17-21(25(31-20)26-24(28)22-9-8-16-30-22)23(27-14-6-5-7-15-27)18-10-12-19(13-11-18)29-4-2/h8-13,16-17,23H,3-7,14-15H2,1-2H3,(H,26,28)/t23-/m1/s1. The van der Waals surface area contributed by atoms with Crippen molar-refractivity contribution < 1.29 is 13.9 Å². The van der Waals surface area contributed by atoms with E-state index in [1.165, 1.54) is 36.0 Å². The molecule has 0 aliphatic carbocycles. The lowest BCUT2D eigenvalue weighted by Gasteiger charge is -2.35. The van der Waals surface area contributed by atoms with Gasteiger partial charge in [0.1, 0.15) is 10.8 Å². The van der Waals surface area contributed by atoms with Gasteiger partial charge in [-0.15, -0.1) is 11.3 Å². The van der Waals surface area contributed by atoms with E-state index >= 15 is 0 Å². The van der Waals surface area contributed by atoms with Crippen LogP contribution < -0.4 is 10.1 Å². The molecule has 0 unspecified atom stereocenters. The molecule has 5 nitrogen and oxygen atoms in total. The summed E-state index contributed by atoms with van der Waals surface area (Å²) in [5.41, 5.74) is 2.38. The average molecular weight is 439 g/mol. The van der Waals surface area contributed by atoms with E-state index in [1.54, 1.807) is 23.5 Å². The number of rotatable bonds is 8. The molecular weight excluding hydrogens is 408 g/mol. The maximum absolute atomic E-state index is 12.7. The number of ether oxygens (including phenoxy) is 1. The molecular formula is C25H30N2O3S. The van der Waals surface area contributed by atoms with Crippen molar-refractivity contribution in [2.45, 2.75) is 45.6 Å². The predicted molar refractivity (Wildman–Crippen MR) is 125 cm³/mol. The Morgan fingerprint density at radius 3 is 2.58 bits per heavy atom. The fourth-order valence-corrected chi connectivity index (χ4v) is 5.21. The first-order valence-corrected chi connectivity index (χ1v) is 12.0. The van der Waals surface area contributed by atoms with Gasteiger partial charge in [0.05, 0.1) is 18.9 Å². The number of anilines is 1. The number of likely N-dealkylation sites (tertiary alicyclic amines) is 1. The maximum Gasteiger partial charge on any atom is 0.291 e. The molecule has 1 aliphatic rings. The van der Waals surface area contributed by atoms with Crippen molar-refractivity contribution in [3.05, 3.63) is 70.5 Å². The molecule has 0 saturated carbocycles. The number of benzene rings is 1. The van der Waals surface area contributed by atoms with Crippen LogP contribution in [0.15, 0.2) is 53.1 Å². The summed E-state index contributed by atoms with van der Waals surface area (Å²) in [5, 5.41) is 4.03. The summed E-state index contributed by atoms with van der Waals surface area (Å²) in [6.45, 7) is 6.92. The van der Waals surface area contributed by atoms with E-state index < -0.39 is 0 Å². The smallest absolute Gasteiger partial charge is 0.291 e. The van der Waals surface area contributed by atoms with E-state index in [9.17, 15) is 4.79 Å². The zero-order chi connectivity index (χ0) is 21.6. The first-order chi connectivity index (χ1) is 15.2. The predicted octanol–water partition coefficient (Wildman–Crippen LogP) is 6.13. The summed E-state index contributed by atoms with van der Waals surface area (Å²) >= 11 is 1.66. The largest absolute Gasteiger partial charge is 0.494 e. The number of amides is 1. The van der Waals surface area contributed by atoms with Crippen molar-refractivity contribution >= 4 is 22.2 Å². The van der Waals surface area contributed by atoms with Crippen LogP contribution >= 0.6 is 11.3 Å². The number of aryl methyl sites for hydroxylation is 1. The molecule has 1 amide bonds. The van der Waals surface area contributed by atoms with Crippen LogP contribution in [0.5, 0.6) is 5.75 Å². The van der Waals surface area contributed by atoms with Gasteiger partial charge in [-0.3, -0.25) is 9.69 Å². The summed E-state index contributed by atoms with van der Waals surface area (Å²) in [4.78, 5) is 16.6. The van der Waals surface area contributed by atoms with Crippen LogP contribution in [0.4, 0.5) is 5.00 Å². The van der Waals surface area contributed by atoms with Crippen molar-refractivity contribution in [3.8, 4) is 5.75 Å². The van der Waals surface area contributed by atoms with Crippen LogP contribution in [0.2, 0.25) is 0 Å². The number of carbonyl (C=O) groups excluding carboxylic acids is 1. The second kappa shape index (κ2) is 10.2. The molecule has 0 spiro atoms. The zero-order valence-electron chi connectivity index (χ0n) is 18.2. The quantitative estimate of drug-likeness (QED) is 0.460. The van der Waals surface area contributed by atoms with Gasteiger partial charge in [0.25, 0.3) is 5.91 Å². The Hall–Kier alpha value is -2.57. The molecule has 0 radical (unpaired) electrons. The highest BCUT2D eigenvalue weighted by Crippen LogP contribution is 2.41. The number of hydrogen-bond acceptors (Lipinski definition) is 5. The third kappa shape index (κ3) is 5.02. The summed E-state index contributed by atoms with van der Waals surface area (Å²) in [6, 6.07) is 14.2. The number of nitrogens with zero attached hydrogens (tertiary/aromatic N) is 1. The maximum atomic E-state index is 12.7. The Kier molecular flexibility index (Phi) is 7.10. The molecule has 4 rings (SSSR count). The highest BCUT2D eigenvalue weighted by Gasteiger charge is 2.28. The van der Waals surface area contributed by atoms with Gasteiger partial charge in [-0.1, -0.05) is 25.5 Å². The molecule has 1 N–H and O–H groups in total. The van der Waals surface area contributed by atoms with E-state index in [0.29, 0.717) is 12.4 Å². The summed E-state index contributed by atoms with van der Waals surface area (Å²) in [6.07, 6.45) is 6.14. The fraction of sp³-hybridized carbons (Fsp3) is 0.400. The lowest BCUT2D eigenvalue weighted by molar-refractivity contribution is 0.0996. The molecule has 2 aromatic heterocycles. The molecule has 1 aromatic carbocycles. The van der Waals surface area contributed by atoms with Gasteiger partial charge in [0, 0.05) is 10.4 Å². The van der Waals surface area contributed by atoms with Gasteiger partial charge >= 0.3 is 0 Å². The normalized spacial score (nSPS) is 15.5. The average Bonchev–Trinajstić information content (AvgIpc) is 3.47. The molecule has 1 fully saturated rings. The summed E-state index contributed by atoms with van der Waals surface area (Å²) < 4.78 is 11.0. The van der Waals surface area contributed by atoms with E-state index in [0.717, 1.165) is 35.8 Å². The van der Waals surface area contributed by atoms with Crippen LogP contribution in [0, 0.1) is 0 Å². The minimum absolute atomic E-state index is 0.0967. The van der Waals surface area contributed by atoms with E-state index in [2.05, 4.69) is 35.3 Å². The molecule has 3 heterocycles. The third-order valence-electron chi connectivity index (χ3n) is 5.69. The number of thiophene rings is 1. The highest BCUT2D eigenvalue weighted by molar-refractivity contribution is 7.16. The monoisotopic (exact) mass is 438 g/mol. The van der Waals surface area contributed by atoms with Crippen molar-refractivity contribution in [2.75, 3.05) is 25.0 Å². The number of carbonyl (C=O) groups is 1. The Balaban J connectivity index is 1.71. The second-order valence-corrected chi connectivity index (χ2v) is 8.92. The van der Waals surface area contributed by atoms with Crippen molar-refractivity contribution in [1.29, 1.82) is 0 Å². The minimum atomic E-state index is -0.208. The molecule has 3 aromatic rings. The SMILES string of the molecule is CCOc1ccc([C@H](c2cc(CC)sc2NC(=O)c2ccco2)N2CCCCC2)cc1. The molecule has 1 atom stereocenters. The van der Waals surface area contributed by atoms with E-state index in [-0.39, 0.29) is 11.9 Å². The Labute approximate surface area is 188 Å². The van der Waals surface area contributed by atoms with Crippen LogP contribution in [0.3, 0.4) is 0 Å². The number of nitrogens with one attached hydrogen (secondary N) is 1. The first-order valence-electron chi connectivity index (χ1n) is 11.1. The molecule has 164 valence electrons. The van der Waals surface area contributed by atoms with Crippen LogP contribution in [0.25, 0.3) is 0 Å². The highest BCUT2D eigenvalue weighted by atomic mass is 32.1. The topological polar surface area (TPSA) is 54.7 Å². The Morgan fingerprint density at radius 1 is 1.16 bits per heavy atom. The van der Waals surface area contributed by atoms with Gasteiger partial charge in [-0.25, -0.2) is 0 Å². The number of hydrogen-bond donors (Lipinski definition) is 1. The molecule has 1 saturated heterocycles. The lowest BCUT2D eigenvalue weighted by Crippen LogP contribution is -2.34. The second-order valence-electron chi connectivity index (χ2n) is 7.78.